The van der Waals surface area contributed by atoms with Crippen LogP contribution in [0.3, 0.4) is 0 Å². The average Bonchev–Trinajstić information content (AvgIpc) is 3.08. The van der Waals surface area contributed by atoms with Crippen LogP contribution in [0.4, 0.5) is 15.0 Å². The first-order chi connectivity index (χ1) is 13.5. The van der Waals surface area contributed by atoms with Gasteiger partial charge in [-0.15, -0.1) is 0 Å². The van der Waals surface area contributed by atoms with Gasteiger partial charge in [-0.2, -0.15) is 4.39 Å². The second-order valence-electron chi connectivity index (χ2n) is 6.74. The minimum Gasteiger partial charge on any atom is -0.445 e. The second-order valence-corrected chi connectivity index (χ2v) is 7.49. The van der Waals surface area contributed by atoms with Gasteiger partial charge in [0.2, 0.25) is 5.95 Å². The second kappa shape index (κ2) is 7.75. The molecule has 9 heteroatoms. The quantitative estimate of drug-likeness (QED) is 0.660. The number of carbonyl (C=O) groups is 1. The Labute approximate surface area is 169 Å². The number of carbonyl (C=O) groups excluding carboxylic acids is 1. The molecule has 1 fully saturated rings. The molecule has 1 aliphatic rings. The van der Waals surface area contributed by atoms with Gasteiger partial charge in [0.25, 0.3) is 0 Å². The van der Waals surface area contributed by atoms with Gasteiger partial charge in [-0.25, -0.2) is 14.8 Å². The van der Waals surface area contributed by atoms with Crippen molar-refractivity contribution in [2.75, 3.05) is 18.8 Å². The lowest BCUT2D eigenvalue weighted by Gasteiger charge is -2.31. The number of benzene rings is 1. The summed E-state index contributed by atoms with van der Waals surface area (Å²) in [6, 6.07) is 9.52. The number of nitrogens with two attached hydrogens (primary N) is 1. The third-order valence-corrected chi connectivity index (χ3v) is 5.43. The van der Waals surface area contributed by atoms with Gasteiger partial charge >= 0.3 is 6.09 Å². The highest BCUT2D eigenvalue weighted by molar-refractivity contribution is 9.10. The lowest BCUT2D eigenvalue weighted by atomic mass is 9.97. The molecule has 2 aromatic heterocycles. The van der Waals surface area contributed by atoms with Gasteiger partial charge in [-0.1, -0.05) is 30.3 Å². The summed E-state index contributed by atoms with van der Waals surface area (Å²) in [5.74, 6) is 0.0466. The molecule has 0 radical (unpaired) electrons. The Morgan fingerprint density at radius 1 is 1.36 bits per heavy atom. The van der Waals surface area contributed by atoms with E-state index in [1.807, 2.05) is 30.3 Å². The molecule has 0 spiro atoms. The van der Waals surface area contributed by atoms with Crippen LogP contribution in [-0.4, -0.2) is 38.5 Å². The highest BCUT2D eigenvalue weighted by Gasteiger charge is 2.30. The molecular formula is C19H19BrFN5O2. The summed E-state index contributed by atoms with van der Waals surface area (Å²) in [5, 5.41) is 0. The van der Waals surface area contributed by atoms with Gasteiger partial charge in [0.1, 0.15) is 22.6 Å². The molecule has 4 rings (SSSR count). The Kier molecular flexibility index (Phi) is 5.17. The minimum atomic E-state index is -0.541. The molecule has 0 saturated carbocycles. The van der Waals surface area contributed by atoms with Crippen molar-refractivity contribution in [1.82, 2.24) is 19.3 Å². The first-order valence-corrected chi connectivity index (χ1v) is 9.77. The van der Waals surface area contributed by atoms with Crippen molar-refractivity contribution in [2.24, 2.45) is 0 Å². The molecule has 1 amide bonds. The summed E-state index contributed by atoms with van der Waals surface area (Å²) in [4.78, 5) is 22.5. The molecule has 1 aromatic carbocycles. The van der Waals surface area contributed by atoms with Crippen LogP contribution < -0.4 is 5.73 Å². The predicted molar refractivity (Wildman–Crippen MR) is 105 cm³/mol. The van der Waals surface area contributed by atoms with Crippen molar-refractivity contribution >= 4 is 33.4 Å². The topological polar surface area (TPSA) is 85.8 Å². The fourth-order valence-electron chi connectivity index (χ4n) is 3.53. The van der Waals surface area contributed by atoms with E-state index in [4.69, 9.17) is 10.5 Å². The summed E-state index contributed by atoms with van der Waals surface area (Å²) >= 11 is 3.34. The predicted octanol–water partition coefficient (Wildman–Crippen LogP) is 3.73. The number of likely N-dealkylation sites (tertiary alicyclic amines) is 1. The number of nitrogen functional groups attached to an aromatic ring is 1. The summed E-state index contributed by atoms with van der Waals surface area (Å²) in [6.07, 6.45) is 2.26. The Hall–Kier alpha value is -2.68. The van der Waals surface area contributed by atoms with Crippen molar-refractivity contribution in [3.05, 3.63) is 58.5 Å². The van der Waals surface area contributed by atoms with E-state index in [0.29, 0.717) is 29.0 Å². The summed E-state index contributed by atoms with van der Waals surface area (Å²) in [5.41, 5.74) is 7.22. The van der Waals surface area contributed by atoms with E-state index in [1.54, 1.807) is 4.90 Å². The maximum Gasteiger partial charge on any atom is 0.410 e. The summed E-state index contributed by atoms with van der Waals surface area (Å²) in [6.45, 7) is 1.22. The number of halogens is 2. The van der Waals surface area contributed by atoms with Crippen LogP contribution in [0.25, 0.3) is 5.52 Å². The number of hydrogen-bond donors (Lipinski definition) is 1. The maximum absolute atomic E-state index is 14.4. The van der Waals surface area contributed by atoms with Crippen LogP contribution in [0, 0.1) is 5.95 Å². The summed E-state index contributed by atoms with van der Waals surface area (Å²) < 4.78 is 21.7. The molecule has 146 valence electrons. The first-order valence-electron chi connectivity index (χ1n) is 8.98. The molecule has 2 N–H and O–H groups in total. The maximum atomic E-state index is 14.4. The first kappa shape index (κ1) is 18.7. The number of hydrogen-bond acceptors (Lipinski definition) is 5. The van der Waals surface area contributed by atoms with Crippen LogP contribution in [-0.2, 0) is 11.3 Å². The number of fused-ring (bicyclic) bond motifs is 1. The number of nitrogens with zero attached hydrogens (tertiary/aromatic N) is 4. The van der Waals surface area contributed by atoms with Gasteiger partial charge in [-0.05, 0) is 34.3 Å². The van der Waals surface area contributed by atoms with Crippen LogP contribution >= 0.6 is 15.9 Å². The number of anilines is 1. The highest BCUT2D eigenvalue weighted by Crippen LogP contribution is 2.32. The Bertz CT molecular complexity index is 1010. The summed E-state index contributed by atoms with van der Waals surface area (Å²) in [7, 11) is 0. The van der Waals surface area contributed by atoms with Gasteiger partial charge < -0.3 is 15.4 Å². The Morgan fingerprint density at radius 3 is 2.93 bits per heavy atom. The fourth-order valence-corrected chi connectivity index (χ4v) is 4.09. The third kappa shape index (κ3) is 3.54. The molecule has 3 heterocycles. The van der Waals surface area contributed by atoms with E-state index in [1.165, 1.54) is 4.40 Å². The van der Waals surface area contributed by atoms with Crippen LogP contribution in [0.2, 0.25) is 0 Å². The molecule has 28 heavy (non-hydrogen) atoms. The molecule has 0 aliphatic carbocycles. The monoisotopic (exact) mass is 447 g/mol. The zero-order chi connectivity index (χ0) is 19.7. The van der Waals surface area contributed by atoms with Crippen LogP contribution in [0.1, 0.15) is 30.1 Å². The lowest BCUT2D eigenvalue weighted by Crippen LogP contribution is -2.39. The van der Waals surface area contributed by atoms with Gasteiger partial charge in [0.05, 0.1) is 6.20 Å². The molecule has 7 nitrogen and oxygen atoms in total. The molecular weight excluding hydrogens is 429 g/mol. The van der Waals surface area contributed by atoms with E-state index in [-0.39, 0.29) is 24.4 Å². The van der Waals surface area contributed by atoms with Crippen molar-refractivity contribution in [3.63, 3.8) is 0 Å². The number of imidazole rings is 1. The zero-order valence-corrected chi connectivity index (χ0v) is 16.6. The number of piperidine rings is 1. The van der Waals surface area contributed by atoms with Gasteiger partial charge in [-0.3, -0.25) is 4.40 Å². The van der Waals surface area contributed by atoms with Crippen LogP contribution in [0.15, 0.2) is 41.1 Å². The SMILES string of the molecule is Nc1ncc(F)n2c(C3CCCN(C(=O)OCc4ccccc4)C3)nc(Br)c12. The zero-order valence-electron chi connectivity index (χ0n) is 15.0. The van der Waals surface area contributed by atoms with E-state index in [2.05, 4.69) is 25.9 Å². The average molecular weight is 448 g/mol. The number of aromatic nitrogens is 3. The molecule has 3 aromatic rings. The molecule has 1 unspecified atom stereocenters. The van der Waals surface area contributed by atoms with E-state index >= 15 is 0 Å². The number of ether oxygens (including phenoxy) is 1. The minimum absolute atomic E-state index is 0.131. The van der Waals surface area contributed by atoms with E-state index in [0.717, 1.165) is 24.6 Å². The normalized spacial score (nSPS) is 17.1. The van der Waals surface area contributed by atoms with Crippen molar-refractivity contribution in [3.8, 4) is 0 Å². The standard InChI is InChI=1S/C19H19BrFN5O2/c20-16-15-17(22)23-9-14(21)26(15)18(24-16)13-7-4-8-25(10-13)19(27)28-11-12-5-2-1-3-6-12/h1-3,5-6,9,13H,4,7-8,10-11H2,(H2,22,23). The van der Waals surface area contributed by atoms with Crippen molar-refractivity contribution < 1.29 is 13.9 Å². The van der Waals surface area contributed by atoms with Crippen molar-refractivity contribution in [2.45, 2.75) is 25.4 Å². The molecule has 0 bridgehead atoms. The van der Waals surface area contributed by atoms with Gasteiger partial charge in [0.15, 0.2) is 5.82 Å². The Morgan fingerprint density at radius 2 is 2.14 bits per heavy atom. The van der Waals surface area contributed by atoms with Gasteiger partial charge in [0, 0.05) is 19.0 Å². The number of amides is 1. The smallest absolute Gasteiger partial charge is 0.410 e. The van der Waals surface area contributed by atoms with Crippen LogP contribution in [0.5, 0.6) is 0 Å². The van der Waals surface area contributed by atoms with E-state index in [9.17, 15) is 9.18 Å². The highest BCUT2D eigenvalue weighted by atomic mass is 79.9. The largest absolute Gasteiger partial charge is 0.445 e. The number of rotatable bonds is 3. The lowest BCUT2D eigenvalue weighted by molar-refractivity contribution is 0.0852. The fraction of sp³-hybridized carbons (Fsp3) is 0.316. The molecule has 1 saturated heterocycles. The Balaban J connectivity index is 1.52. The van der Waals surface area contributed by atoms with E-state index < -0.39 is 5.95 Å². The van der Waals surface area contributed by atoms with Crippen molar-refractivity contribution in [1.29, 1.82) is 0 Å². The molecule has 1 aliphatic heterocycles. The third-order valence-electron chi connectivity index (χ3n) is 4.88. The molecule has 1 atom stereocenters.